The molecule has 98 valence electrons. The number of aromatic nitrogens is 2. The van der Waals surface area contributed by atoms with Crippen molar-refractivity contribution in [3.63, 3.8) is 0 Å². The van der Waals surface area contributed by atoms with Gasteiger partial charge in [-0.25, -0.2) is 4.98 Å². The fourth-order valence-electron chi connectivity index (χ4n) is 4.42. The van der Waals surface area contributed by atoms with Crippen LogP contribution in [0.5, 0.6) is 0 Å². The van der Waals surface area contributed by atoms with Gasteiger partial charge in [-0.15, -0.1) is 0 Å². The van der Waals surface area contributed by atoms with E-state index in [0.717, 1.165) is 19.4 Å². The van der Waals surface area contributed by atoms with Gasteiger partial charge in [0.2, 0.25) is 0 Å². The summed E-state index contributed by atoms with van der Waals surface area (Å²) in [4.78, 5) is 4.89. The molecule has 0 saturated heterocycles. The Balaban J connectivity index is 1.72. The molecule has 18 heavy (non-hydrogen) atoms. The van der Waals surface area contributed by atoms with Gasteiger partial charge in [-0.2, -0.15) is 0 Å². The third kappa shape index (κ3) is 1.56. The van der Waals surface area contributed by atoms with Crippen molar-refractivity contribution >= 4 is 0 Å². The Hall–Kier alpha value is -0.830. The molecule has 3 heteroatoms. The summed E-state index contributed by atoms with van der Waals surface area (Å²) in [5.41, 5.74) is 9.72. The zero-order valence-corrected chi connectivity index (χ0v) is 11.1. The predicted molar refractivity (Wildman–Crippen MR) is 71.4 cm³/mol. The summed E-state index contributed by atoms with van der Waals surface area (Å²) in [6, 6.07) is 0.345. The zero-order chi connectivity index (χ0) is 12.2. The molecule has 4 rings (SSSR count). The van der Waals surface area contributed by atoms with Gasteiger partial charge in [0, 0.05) is 24.7 Å². The summed E-state index contributed by atoms with van der Waals surface area (Å²) in [6.45, 7) is 1.01. The number of hydrogen-bond acceptors (Lipinski definition) is 2. The number of imidazole rings is 1. The number of fused-ring (bicyclic) bond motifs is 3. The Labute approximate surface area is 109 Å². The van der Waals surface area contributed by atoms with Crippen LogP contribution in [0.2, 0.25) is 0 Å². The molecular formula is C15H23N3. The number of aryl methyl sites for hydroxylation is 2. The first-order valence-electron chi connectivity index (χ1n) is 7.59. The van der Waals surface area contributed by atoms with E-state index in [1.54, 1.807) is 5.69 Å². The van der Waals surface area contributed by atoms with Crippen molar-refractivity contribution < 1.29 is 0 Å². The van der Waals surface area contributed by atoms with Crippen LogP contribution in [-0.2, 0) is 25.8 Å². The Morgan fingerprint density at radius 3 is 2.83 bits per heavy atom. The summed E-state index contributed by atoms with van der Waals surface area (Å²) < 4.78 is 2.47. The fraction of sp³-hybridized carbons (Fsp3) is 0.800. The highest BCUT2D eigenvalue weighted by atomic mass is 15.1. The summed E-state index contributed by atoms with van der Waals surface area (Å²) in [6.07, 6.45) is 11.8. The third-order valence-corrected chi connectivity index (χ3v) is 5.49. The van der Waals surface area contributed by atoms with Crippen molar-refractivity contribution in [1.29, 1.82) is 0 Å². The van der Waals surface area contributed by atoms with Crippen LogP contribution in [0.4, 0.5) is 0 Å². The topological polar surface area (TPSA) is 43.8 Å². The van der Waals surface area contributed by atoms with Gasteiger partial charge in [0.25, 0.3) is 0 Å². The zero-order valence-electron chi connectivity index (χ0n) is 11.1. The number of nitrogens with zero attached hydrogens (tertiary/aromatic N) is 2. The maximum absolute atomic E-state index is 6.14. The second kappa shape index (κ2) is 3.83. The highest BCUT2D eigenvalue weighted by Crippen LogP contribution is 2.48. The highest BCUT2D eigenvalue weighted by molar-refractivity contribution is 5.24. The molecule has 0 amide bonds. The van der Waals surface area contributed by atoms with Gasteiger partial charge in [0.15, 0.2) is 0 Å². The smallest absolute Gasteiger partial charge is 0.109 e. The molecule has 1 aliphatic heterocycles. The van der Waals surface area contributed by atoms with Gasteiger partial charge < -0.3 is 10.3 Å². The quantitative estimate of drug-likeness (QED) is 0.761. The highest BCUT2D eigenvalue weighted by Gasteiger charge is 2.39. The van der Waals surface area contributed by atoms with Crippen molar-refractivity contribution in [2.45, 2.75) is 70.4 Å². The molecule has 0 aromatic carbocycles. The van der Waals surface area contributed by atoms with Crippen LogP contribution >= 0.6 is 0 Å². The van der Waals surface area contributed by atoms with Gasteiger partial charge in [-0.05, 0) is 43.9 Å². The maximum atomic E-state index is 6.14. The van der Waals surface area contributed by atoms with Gasteiger partial charge in [0.05, 0.1) is 5.69 Å². The van der Waals surface area contributed by atoms with E-state index in [1.807, 2.05) is 0 Å². The van der Waals surface area contributed by atoms with E-state index in [9.17, 15) is 0 Å². The van der Waals surface area contributed by atoms with Crippen LogP contribution in [0.3, 0.4) is 0 Å². The molecule has 2 aliphatic carbocycles. The monoisotopic (exact) mass is 245 g/mol. The third-order valence-electron chi connectivity index (χ3n) is 5.49. The molecule has 3 nitrogen and oxygen atoms in total. The van der Waals surface area contributed by atoms with Crippen molar-refractivity contribution in [1.82, 2.24) is 9.55 Å². The molecule has 3 aliphatic rings. The molecule has 0 radical (unpaired) electrons. The van der Waals surface area contributed by atoms with Gasteiger partial charge >= 0.3 is 0 Å². The second-order valence-corrected chi connectivity index (χ2v) is 6.71. The van der Waals surface area contributed by atoms with Gasteiger partial charge in [0.1, 0.15) is 5.82 Å². The first-order chi connectivity index (χ1) is 8.76. The summed E-state index contributed by atoms with van der Waals surface area (Å²) in [5, 5.41) is 0. The lowest BCUT2D eigenvalue weighted by atomic mass is 9.73. The van der Waals surface area contributed by atoms with Crippen LogP contribution in [-0.4, -0.2) is 15.6 Å². The molecular weight excluding hydrogens is 222 g/mol. The number of hydrogen-bond donors (Lipinski definition) is 1. The Morgan fingerprint density at radius 2 is 2.00 bits per heavy atom. The minimum Gasteiger partial charge on any atom is -0.330 e. The van der Waals surface area contributed by atoms with Crippen molar-refractivity contribution in [3.8, 4) is 0 Å². The molecule has 1 fully saturated rings. The molecule has 2 N–H and O–H groups in total. The first-order valence-corrected chi connectivity index (χ1v) is 7.59. The van der Waals surface area contributed by atoms with E-state index in [-0.39, 0.29) is 0 Å². The standard InChI is InChI=1S/C15H23N3/c16-11-3-4-14-17-12-5-8-15(6-1-2-7-15)9-13(12)18(14)10-11/h11H,1-10,16H2. The molecule has 1 aromatic rings. The Bertz CT molecular complexity index is 468. The van der Waals surface area contributed by atoms with Gasteiger partial charge in [-0.3, -0.25) is 0 Å². The van der Waals surface area contributed by atoms with Crippen LogP contribution in [0.1, 0.15) is 55.7 Å². The van der Waals surface area contributed by atoms with Crippen molar-refractivity contribution in [3.05, 3.63) is 17.2 Å². The number of rotatable bonds is 0. The minimum absolute atomic E-state index is 0.345. The summed E-state index contributed by atoms with van der Waals surface area (Å²) >= 11 is 0. The van der Waals surface area contributed by atoms with E-state index in [1.165, 1.54) is 56.5 Å². The largest absolute Gasteiger partial charge is 0.330 e. The van der Waals surface area contributed by atoms with E-state index in [4.69, 9.17) is 10.7 Å². The van der Waals surface area contributed by atoms with E-state index < -0.39 is 0 Å². The first kappa shape index (κ1) is 11.0. The second-order valence-electron chi connectivity index (χ2n) is 6.71. The minimum atomic E-state index is 0.345. The molecule has 0 bridgehead atoms. The van der Waals surface area contributed by atoms with Crippen LogP contribution in [0.25, 0.3) is 0 Å². The van der Waals surface area contributed by atoms with E-state index in [2.05, 4.69) is 4.57 Å². The SMILES string of the molecule is NC1CCc2nc3c(n2C1)CC1(CCCC1)CC3. The normalized spacial score (nSPS) is 29.3. The number of nitrogens with two attached hydrogens (primary N) is 1. The molecule has 1 atom stereocenters. The average Bonchev–Trinajstić information content (AvgIpc) is 2.95. The molecule has 2 heterocycles. The fourth-order valence-corrected chi connectivity index (χ4v) is 4.42. The molecule has 1 saturated carbocycles. The lowest BCUT2D eigenvalue weighted by Crippen LogP contribution is -2.34. The Morgan fingerprint density at radius 1 is 1.17 bits per heavy atom. The lowest BCUT2D eigenvalue weighted by Gasteiger charge is -2.34. The maximum Gasteiger partial charge on any atom is 0.109 e. The Kier molecular flexibility index (Phi) is 2.35. The van der Waals surface area contributed by atoms with E-state index in [0.29, 0.717) is 11.5 Å². The summed E-state index contributed by atoms with van der Waals surface area (Å²) in [7, 11) is 0. The van der Waals surface area contributed by atoms with Gasteiger partial charge in [-0.1, -0.05) is 12.8 Å². The predicted octanol–water partition coefficient (Wildman–Crippen LogP) is 2.21. The molecule has 1 unspecified atom stereocenters. The molecule has 1 aromatic heterocycles. The average molecular weight is 245 g/mol. The van der Waals surface area contributed by atoms with Crippen LogP contribution < -0.4 is 5.73 Å². The lowest BCUT2D eigenvalue weighted by molar-refractivity contribution is 0.245. The van der Waals surface area contributed by atoms with Crippen LogP contribution in [0, 0.1) is 5.41 Å². The van der Waals surface area contributed by atoms with Crippen LogP contribution in [0.15, 0.2) is 0 Å². The van der Waals surface area contributed by atoms with E-state index >= 15 is 0 Å². The molecule has 1 spiro atoms. The summed E-state index contributed by atoms with van der Waals surface area (Å²) in [5.74, 6) is 1.32. The van der Waals surface area contributed by atoms with Crippen molar-refractivity contribution in [2.75, 3.05) is 0 Å². The van der Waals surface area contributed by atoms with Crippen molar-refractivity contribution in [2.24, 2.45) is 11.1 Å².